The van der Waals surface area contributed by atoms with Crippen LogP contribution in [0.1, 0.15) is 52.0 Å². The van der Waals surface area contributed by atoms with E-state index in [4.69, 9.17) is 28.4 Å². The molecule has 0 radical (unpaired) electrons. The summed E-state index contributed by atoms with van der Waals surface area (Å²) in [5, 5.41) is 2.85. The minimum absolute atomic E-state index is 0.00237. The Hall–Kier alpha value is -3.47. The van der Waals surface area contributed by atoms with Gasteiger partial charge in [-0.2, -0.15) is 0 Å². The standard InChI is InChI=1S/C27H29NO9/c1-32-18-8-20(14-33-27(31)16-5-3-2-4-6-16)37-26(11-18)36-19-9-22(29)21-12-24-23(34-15-35-24)7-17(21)13-28-25(30)10-19/h2-7,12,18-20,26H,8-11,13-15H2,1H3,(H,28,30). The Morgan fingerprint density at radius 1 is 1.03 bits per heavy atom. The number of ketones is 1. The lowest BCUT2D eigenvalue weighted by atomic mass is 9.98. The minimum atomic E-state index is -0.735. The second-order valence-corrected chi connectivity index (χ2v) is 9.21. The molecule has 0 aromatic heterocycles. The van der Waals surface area contributed by atoms with E-state index in [9.17, 15) is 14.4 Å². The van der Waals surface area contributed by atoms with Gasteiger partial charge in [0.1, 0.15) is 6.61 Å². The number of carbonyl (C=O) groups is 3. The zero-order chi connectivity index (χ0) is 25.8. The fraction of sp³-hybridized carbons (Fsp3) is 0.444. The predicted octanol–water partition coefficient (Wildman–Crippen LogP) is 2.77. The van der Waals surface area contributed by atoms with Crippen molar-refractivity contribution in [3.63, 3.8) is 0 Å². The summed E-state index contributed by atoms with van der Waals surface area (Å²) in [6.45, 7) is 0.313. The number of ether oxygens (including phenoxy) is 6. The van der Waals surface area contributed by atoms with Crippen molar-refractivity contribution >= 4 is 17.7 Å². The number of amides is 1. The molecule has 1 saturated heterocycles. The molecule has 1 fully saturated rings. The number of nitrogens with one attached hydrogen (secondary N) is 1. The fourth-order valence-corrected chi connectivity index (χ4v) is 4.71. The Morgan fingerprint density at radius 3 is 2.59 bits per heavy atom. The van der Waals surface area contributed by atoms with Crippen molar-refractivity contribution in [1.82, 2.24) is 5.32 Å². The first kappa shape index (κ1) is 25.2. The van der Waals surface area contributed by atoms with Crippen molar-refractivity contribution in [2.24, 2.45) is 0 Å². The highest BCUT2D eigenvalue weighted by Gasteiger charge is 2.34. The number of esters is 1. The number of hydrogen-bond donors (Lipinski definition) is 1. The molecule has 196 valence electrons. The highest BCUT2D eigenvalue weighted by Crippen LogP contribution is 2.36. The highest BCUT2D eigenvalue weighted by molar-refractivity contribution is 5.99. The Labute approximate surface area is 214 Å². The van der Waals surface area contributed by atoms with E-state index >= 15 is 0 Å². The molecule has 10 heteroatoms. The van der Waals surface area contributed by atoms with Gasteiger partial charge in [-0.3, -0.25) is 9.59 Å². The van der Waals surface area contributed by atoms with E-state index < -0.39 is 24.5 Å². The summed E-state index contributed by atoms with van der Waals surface area (Å²) in [6, 6.07) is 12.1. The van der Waals surface area contributed by atoms with Crippen LogP contribution >= 0.6 is 0 Å². The van der Waals surface area contributed by atoms with Crippen molar-refractivity contribution in [3.8, 4) is 11.5 Å². The van der Waals surface area contributed by atoms with E-state index in [1.165, 1.54) is 0 Å². The lowest BCUT2D eigenvalue weighted by molar-refractivity contribution is -0.240. The summed E-state index contributed by atoms with van der Waals surface area (Å²) >= 11 is 0. The first-order chi connectivity index (χ1) is 18.0. The molecule has 0 spiro atoms. The number of hydrogen-bond acceptors (Lipinski definition) is 9. The van der Waals surface area contributed by atoms with E-state index in [-0.39, 0.29) is 50.6 Å². The van der Waals surface area contributed by atoms with E-state index in [0.717, 1.165) is 0 Å². The number of carbonyl (C=O) groups excluding carboxylic acids is 3. The molecule has 4 unspecified atom stereocenters. The van der Waals surface area contributed by atoms with Crippen molar-refractivity contribution in [3.05, 3.63) is 59.2 Å². The van der Waals surface area contributed by atoms with Crippen LogP contribution in [0.2, 0.25) is 0 Å². The smallest absolute Gasteiger partial charge is 0.338 e. The van der Waals surface area contributed by atoms with Crippen molar-refractivity contribution in [2.45, 2.75) is 56.8 Å². The monoisotopic (exact) mass is 511 g/mol. The highest BCUT2D eigenvalue weighted by atomic mass is 16.7. The van der Waals surface area contributed by atoms with Gasteiger partial charge < -0.3 is 33.7 Å². The fourth-order valence-electron chi connectivity index (χ4n) is 4.71. The Balaban J connectivity index is 1.25. The third-order valence-electron chi connectivity index (χ3n) is 6.61. The van der Waals surface area contributed by atoms with Crippen molar-refractivity contribution in [1.29, 1.82) is 0 Å². The zero-order valence-corrected chi connectivity index (χ0v) is 20.5. The summed E-state index contributed by atoms with van der Waals surface area (Å²) in [6.07, 6.45) is -1.18. The van der Waals surface area contributed by atoms with Gasteiger partial charge in [-0.1, -0.05) is 18.2 Å². The predicted molar refractivity (Wildman–Crippen MR) is 128 cm³/mol. The molecule has 0 aliphatic carbocycles. The van der Waals surface area contributed by atoms with Crippen LogP contribution in [-0.4, -0.2) is 62.8 Å². The minimum Gasteiger partial charge on any atom is -0.459 e. The lowest BCUT2D eigenvalue weighted by Gasteiger charge is -2.35. The third-order valence-corrected chi connectivity index (χ3v) is 6.61. The molecule has 0 saturated carbocycles. The summed E-state index contributed by atoms with van der Waals surface area (Å²) in [5.41, 5.74) is 1.58. The molecule has 3 aliphatic heterocycles. The van der Waals surface area contributed by atoms with Gasteiger partial charge in [0.15, 0.2) is 23.6 Å². The van der Waals surface area contributed by atoms with Gasteiger partial charge in [0, 0.05) is 38.5 Å². The molecule has 3 aliphatic rings. The molecule has 37 heavy (non-hydrogen) atoms. The molecular weight excluding hydrogens is 482 g/mol. The van der Waals surface area contributed by atoms with E-state index in [1.54, 1.807) is 43.5 Å². The van der Waals surface area contributed by atoms with Gasteiger partial charge in [0.25, 0.3) is 0 Å². The van der Waals surface area contributed by atoms with Crippen LogP contribution < -0.4 is 14.8 Å². The Bertz CT molecular complexity index is 1150. The van der Waals surface area contributed by atoms with E-state index in [1.807, 2.05) is 6.07 Å². The van der Waals surface area contributed by atoms with Crippen LogP contribution in [0.3, 0.4) is 0 Å². The first-order valence-corrected chi connectivity index (χ1v) is 12.3. The normalized spacial score (nSPS) is 25.3. The van der Waals surface area contributed by atoms with Gasteiger partial charge in [-0.05, 0) is 29.8 Å². The molecule has 0 bridgehead atoms. The van der Waals surface area contributed by atoms with Crippen LogP contribution in [0.5, 0.6) is 11.5 Å². The molecule has 3 heterocycles. The van der Waals surface area contributed by atoms with Gasteiger partial charge in [0.2, 0.25) is 12.7 Å². The molecule has 1 N–H and O–H groups in total. The molecule has 5 rings (SSSR count). The average Bonchev–Trinajstić information content (AvgIpc) is 3.38. The topological polar surface area (TPSA) is 119 Å². The van der Waals surface area contributed by atoms with Crippen molar-refractivity contribution < 1.29 is 42.8 Å². The maximum atomic E-state index is 13.2. The number of fused-ring (bicyclic) bond motifs is 2. The molecule has 10 nitrogen and oxygen atoms in total. The van der Waals surface area contributed by atoms with Crippen LogP contribution in [0, 0.1) is 0 Å². The molecule has 2 aromatic rings. The Kier molecular flexibility index (Phi) is 7.68. The van der Waals surface area contributed by atoms with Crippen LogP contribution in [0.25, 0.3) is 0 Å². The molecule has 1 amide bonds. The van der Waals surface area contributed by atoms with Crippen LogP contribution in [-0.2, 0) is 30.3 Å². The number of benzene rings is 2. The summed E-state index contributed by atoms with van der Waals surface area (Å²) < 4.78 is 34.0. The van der Waals surface area contributed by atoms with E-state index in [2.05, 4.69) is 5.32 Å². The number of methoxy groups -OCH3 is 1. The van der Waals surface area contributed by atoms with Crippen LogP contribution in [0.4, 0.5) is 0 Å². The second kappa shape index (κ2) is 11.3. The zero-order valence-electron chi connectivity index (χ0n) is 20.5. The summed E-state index contributed by atoms with van der Waals surface area (Å²) in [5.74, 6) is 0.201. The van der Waals surface area contributed by atoms with Gasteiger partial charge in [-0.15, -0.1) is 0 Å². The van der Waals surface area contributed by atoms with Gasteiger partial charge in [0.05, 0.1) is 30.3 Å². The maximum absolute atomic E-state index is 13.2. The lowest BCUT2D eigenvalue weighted by Crippen LogP contribution is -2.42. The quantitative estimate of drug-likeness (QED) is 0.584. The third kappa shape index (κ3) is 6.10. The van der Waals surface area contributed by atoms with Crippen LogP contribution in [0.15, 0.2) is 42.5 Å². The summed E-state index contributed by atoms with van der Waals surface area (Å²) in [7, 11) is 1.60. The first-order valence-electron chi connectivity index (χ1n) is 12.3. The van der Waals surface area contributed by atoms with Gasteiger partial charge >= 0.3 is 5.97 Å². The number of rotatable bonds is 6. The summed E-state index contributed by atoms with van der Waals surface area (Å²) in [4.78, 5) is 38.2. The van der Waals surface area contributed by atoms with Gasteiger partial charge in [-0.25, -0.2) is 4.79 Å². The molecular formula is C27H29NO9. The average molecular weight is 512 g/mol. The van der Waals surface area contributed by atoms with E-state index in [0.29, 0.717) is 41.0 Å². The largest absolute Gasteiger partial charge is 0.459 e. The van der Waals surface area contributed by atoms with Crippen molar-refractivity contribution in [2.75, 3.05) is 20.5 Å². The SMILES string of the molecule is COC1CC(COC(=O)c2ccccc2)OC(OC2CC(=O)NCc3cc4c(cc3C(=O)C2)OCO4)C1. The second-order valence-electron chi connectivity index (χ2n) is 9.21. The number of Topliss-reactive ketones (excluding diaryl/α,β-unsaturated/α-hetero) is 1. The maximum Gasteiger partial charge on any atom is 0.338 e. The Morgan fingerprint density at radius 2 is 1.81 bits per heavy atom. The molecule has 2 aromatic carbocycles. The molecule has 4 atom stereocenters.